The second kappa shape index (κ2) is 10.8. The van der Waals surface area contributed by atoms with E-state index in [9.17, 15) is 31.5 Å². The van der Waals surface area contributed by atoms with Gasteiger partial charge in [-0.1, -0.05) is 6.07 Å². The second-order valence-corrected chi connectivity index (χ2v) is 10.9. The molecule has 2 saturated carbocycles. The van der Waals surface area contributed by atoms with Crippen LogP contribution in [0, 0.1) is 11.8 Å². The van der Waals surface area contributed by atoms with E-state index in [4.69, 9.17) is 0 Å². The summed E-state index contributed by atoms with van der Waals surface area (Å²) in [6.07, 6.45) is -3.18. The molecule has 2 aliphatic carbocycles. The Hall–Kier alpha value is -3.51. The molecule has 13 heteroatoms. The van der Waals surface area contributed by atoms with E-state index >= 15 is 0 Å². The summed E-state index contributed by atoms with van der Waals surface area (Å²) >= 11 is 0. The molecule has 2 aliphatic rings. The van der Waals surface area contributed by atoms with Crippen molar-refractivity contribution in [3.8, 4) is 0 Å². The van der Waals surface area contributed by atoms with Crippen LogP contribution in [0.25, 0.3) is 11.0 Å². The smallest absolute Gasteiger partial charge is 0.349 e. The Balaban J connectivity index is 1.39. The van der Waals surface area contributed by atoms with Gasteiger partial charge in [-0.05, 0) is 61.3 Å². The molecule has 8 nitrogen and oxygen atoms in total. The number of hydrogen-bond acceptors (Lipinski definition) is 4. The van der Waals surface area contributed by atoms with Crippen LogP contribution < -0.4 is 10.6 Å². The Morgan fingerprint density at radius 2 is 1.77 bits per heavy atom. The van der Waals surface area contributed by atoms with Crippen molar-refractivity contribution in [3.63, 3.8) is 0 Å². The molecule has 216 valence electrons. The molecule has 3 N–H and O–H groups in total. The van der Waals surface area contributed by atoms with Crippen molar-refractivity contribution in [1.29, 1.82) is 0 Å². The highest BCUT2D eigenvalue weighted by Gasteiger charge is 2.40. The lowest BCUT2D eigenvalue weighted by Crippen LogP contribution is -2.38. The number of benzene rings is 1. The predicted octanol–water partition coefficient (Wildman–Crippen LogP) is 5.50. The van der Waals surface area contributed by atoms with E-state index in [0.29, 0.717) is 22.6 Å². The van der Waals surface area contributed by atoms with Gasteiger partial charge in [0.15, 0.2) is 0 Å². The number of H-pyrrole nitrogens is 1. The Labute approximate surface area is 227 Å². The van der Waals surface area contributed by atoms with Crippen LogP contribution in [0.15, 0.2) is 30.5 Å². The minimum absolute atomic E-state index is 0.129. The molecule has 0 aliphatic heterocycles. The SMILES string of the molecule is Cn1nccc1C(=O)N[C@H](c1nc2ccc([C@@H](NC(=O)CCC(F)(F)F)C3CC3)cc2[nH]1)C1CCC(F)(F)CC1. The van der Waals surface area contributed by atoms with Crippen molar-refractivity contribution in [2.24, 2.45) is 18.9 Å². The number of fused-ring (bicyclic) bond motifs is 1. The summed E-state index contributed by atoms with van der Waals surface area (Å²) in [4.78, 5) is 33.2. The average Bonchev–Trinajstić information content (AvgIpc) is 3.49. The zero-order valence-corrected chi connectivity index (χ0v) is 21.9. The Bertz CT molecular complexity index is 1370. The van der Waals surface area contributed by atoms with Gasteiger partial charge in [0.2, 0.25) is 11.8 Å². The van der Waals surface area contributed by atoms with E-state index in [1.54, 1.807) is 31.3 Å². The van der Waals surface area contributed by atoms with Crippen LogP contribution in [0.5, 0.6) is 0 Å². The standard InChI is InChI=1S/C27H31F5N6O2/c1-38-20(9-13-33-38)25(40)37-23(16-6-10-26(28,29)11-7-16)24-34-18-5-4-17(14-19(18)35-24)22(15-2-3-15)36-21(39)8-12-27(30,31)32/h4-5,9,13-16,22-23H,2-3,6-8,10-12H2,1H3,(H,34,35)(H,36,39)(H,37,40)/t22-,23-/m0/s1. The van der Waals surface area contributed by atoms with Gasteiger partial charge >= 0.3 is 6.18 Å². The molecule has 2 fully saturated rings. The largest absolute Gasteiger partial charge is 0.389 e. The van der Waals surface area contributed by atoms with Gasteiger partial charge in [-0.15, -0.1) is 0 Å². The maximum absolute atomic E-state index is 13.9. The fourth-order valence-electron chi connectivity index (χ4n) is 5.41. The highest BCUT2D eigenvalue weighted by Crippen LogP contribution is 2.43. The number of aryl methyl sites for hydroxylation is 1. The summed E-state index contributed by atoms with van der Waals surface area (Å²) in [5.41, 5.74) is 2.25. The third-order valence-corrected chi connectivity index (χ3v) is 7.80. The van der Waals surface area contributed by atoms with Crippen molar-refractivity contribution in [2.45, 2.75) is 75.5 Å². The van der Waals surface area contributed by atoms with Crippen LogP contribution in [0.4, 0.5) is 22.0 Å². The van der Waals surface area contributed by atoms with Gasteiger partial charge in [0.25, 0.3) is 5.91 Å². The van der Waals surface area contributed by atoms with Gasteiger partial charge in [0.05, 0.1) is 29.5 Å². The molecule has 0 saturated heterocycles. The maximum Gasteiger partial charge on any atom is 0.389 e. The molecule has 0 bridgehead atoms. The molecule has 3 aromatic rings. The maximum atomic E-state index is 13.9. The topological polar surface area (TPSA) is 105 Å². The van der Waals surface area contributed by atoms with Gasteiger partial charge in [-0.3, -0.25) is 14.3 Å². The van der Waals surface area contributed by atoms with Crippen molar-refractivity contribution in [2.75, 3.05) is 0 Å². The Kier molecular flexibility index (Phi) is 7.58. The predicted molar refractivity (Wildman–Crippen MR) is 135 cm³/mol. The number of carbonyl (C=O) groups is 2. The number of amides is 2. The van der Waals surface area contributed by atoms with E-state index in [1.165, 1.54) is 10.9 Å². The van der Waals surface area contributed by atoms with Crippen LogP contribution in [-0.2, 0) is 11.8 Å². The Morgan fingerprint density at radius 3 is 2.40 bits per heavy atom. The highest BCUT2D eigenvalue weighted by molar-refractivity contribution is 5.92. The molecule has 0 spiro atoms. The van der Waals surface area contributed by atoms with Crippen LogP contribution in [-0.4, -0.2) is 43.7 Å². The number of rotatable bonds is 9. The van der Waals surface area contributed by atoms with Crippen molar-refractivity contribution in [1.82, 2.24) is 30.4 Å². The number of carbonyl (C=O) groups excluding carboxylic acids is 2. The van der Waals surface area contributed by atoms with Crippen molar-refractivity contribution in [3.05, 3.63) is 47.5 Å². The van der Waals surface area contributed by atoms with E-state index in [2.05, 4.69) is 25.7 Å². The van der Waals surface area contributed by atoms with E-state index in [-0.39, 0.29) is 37.5 Å². The fraction of sp³-hybridized carbons (Fsp3) is 0.556. The number of aromatic nitrogens is 4. The lowest BCUT2D eigenvalue weighted by atomic mass is 9.81. The summed E-state index contributed by atoms with van der Waals surface area (Å²) in [6, 6.07) is 5.80. The van der Waals surface area contributed by atoms with Crippen molar-refractivity contribution < 1.29 is 31.5 Å². The third-order valence-electron chi connectivity index (χ3n) is 7.80. The number of hydrogen-bond donors (Lipinski definition) is 3. The number of nitrogens with one attached hydrogen (secondary N) is 3. The number of halogens is 5. The monoisotopic (exact) mass is 566 g/mol. The minimum Gasteiger partial charge on any atom is -0.349 e. The molecule has 0 radical (unpaired) electrons. The molecule has 0 unspecified atom stereocenters. The number of alkyl halides is 5. The summed E-state index contributed by atoms with van der Waals surface area (Å²) in [5.74, 6) is -3.52. The van der Waals surface area contributed by atoms with Gasteiger partial charge in [-0.2, -0.15) is 18.3 Å². The molecular weight excluding hydrogens is 535 g/mol. The van der Waals surface area contributed by atoms with E-state index in [0.717, 1.165) is 18.4 Å². The van der Waals surface area contributed by atoms with Gasteiger partial charge < -0.3 is 15.6 Å². The molecule has 40 heavy (non-hydrogen) atoms. The summed E-state index contributed by atoms with van der Waals surface area (Å²) in [5, 5.41) is 9.75. The summed E-state index contributed by atoms with van der Waals surface area (Å²) < 4.78 is 67.0. The average molecular weight is 567 g/mol. The molecular formula is C27H31F5N6O2. The molecule has 2 atom stereocenters. The lowest BCUT2D eigenvalue weighted by molar-refractivity contribution is -0.144. The van der Waals surface area contributed by atoms with Crippen LogP contribution in [0.1, 0.15) is 85.3 Å². The molecule has 2 heterocycles. The first-order valence-electron chi connectivity index (χ1n) is 13.4. The molecule has 2 aromatic heterocycles. The van der Waals surface area contributed by atoms with E-state index < -0.39 is 48.8 Å². The number of aromatic amines is 1. The first-order chi connectivity index (χ1) is 18.9. The van der Waals surface area contributed by atoms with Crippen LogP contribution in [0.3, 0.4) is 0 Å². The highest BCUT2D eigenvalue weighted by atomic mass is 19.4. The molecule has 2 amide bonds. The van der Waals surface area contributed by atoms with Crippen molar-refractivity contribution >= 4 is 22.8 Å². The van der Waals surface area contributed by atoms with Crippen LogP contribution in [0.2, 0.25) is 0 Å². The van der Waals surface area contributed by atoms with E-state index in [1.807, 2.05) is 0 Å². The molecule has 5 rings (SSSR count). The zero-order valence-electron chi connectivity index (χ0n) is 21.9. The summed E-state index contributed by atoms with van der Waals surface area (Å²) in [6.45, 7) is 0. The number of imidazole rings is 1. The minimum atomic E-state index is -4.41. The van der Waals surface area contributed by atoms with Gasteiger partial charge in [0.1, 0.15) is 11.5 Å². The zero-order chi connectivity index (χ0) is 28.7. The fourth-order valence-corrected chi connectivity index (χ4v) is 5.41. The summed E-state index contributed by atoms with van der Waals surface area (Å²) in [7, 11) is 1.63. The van der Waals surface area contributed by atoms with Crippen LogP contribution >= 0.6 is 0 Å². The molecule has 1 aromatic carbocycles. The first-order valence-corrected chi connectivity index (χ1v) is 13.4. The first kappa shape index (κ1) is 28.0. The third kappa shape index (κ3) is 6.61. The van der Waals surface area contributed by atoms with Gasteiger partial charge in [0, 0.05) is 32.5 Å². The quantitative estimate of drug-likeness (QED) is 0.298. The number of nitrogens with zero attached hydrogens (tertiary/aromatic N) is 3. The van der Waals surface area contributed by atoms with Gasteiger partial charge in [-0.25, -0.2) is 13.8 Å². The lowest BCUT2D eigenvalue weighted by Gasteiger charge is -2.33. The second-order valence-electron chi connectivity index (χ2n) is 10.9. The normalized spacial score (nSPS) is 19.4. The Morgan fingerprint density at radius 1 is 1.07 bits per heavy atom.